The van der Waals surface area contributed by atoms with Gasteiger partial charge in [-0.25, -0.2) is 13.2 Å². The Morgan fingerprint density at radius 1 is 1.29 bits per heavy atom. The van der Waals surface area contributed by atoms with Crippen LogP contribution in [0.1, 0.15) is 5.69 Å². The molecule has 0 aliphatic carbocycles. The van der Waals surface area contributed by atoms with Crippen molar-refractivity contribution in [1.82, 2.24) is 4.37 Å². The van der Waals surface area contributed by atoms with Gasteiger partial charge in [-0.05, 0) is 11.5 Å². The minimum Gasteiger partial charge on any atom is -0.325 e. The lowest BCUT2D eigenvalue weighted by Crippen LogP contribution is -1.98. The summed E-state index contributed by atoms with van der Waals surface area (Å²) in [7, 11) is 0. The molecule has 2 rings (SSSR count). The molecule has 1 aromatic carbocycles. The van der Waals surface area contributed by atoms with Crippen LogP contribution in [-0.2, 0) is 6.54 Å². The van der Waals surface area contributed by atoms with Gasteiger partial charge in [0.1, 0.15) is 5.82 Å². The molecule has 1 heterocycles. The summed E-state index contributed by atoms with van der Waals surface area (Å²) < 4.78 is 42.9. The van der Waals surface area contributed by atoms with Crippen LogP contribution in [0.2, 0.25) is 0 Å². The van der Waals surface area contributed by atoms with Crippen LogP contribution < -0.4 is 5.73 Å². The molecular formula is C8H5F3N2S. The Morgan fingerprint density at radius 2 is 2.00 bits per heavy atom. The van der Waals surface area contributed by atoms with Gasteiger partial charge in [-0.15, -0.1) is 0 Å². The van der Waals surface area contributed by atoms with Crippen LogP contribution in [0.4, 0.5) is 13.2 Å². The first kappa shape index (κ1) is 9.42. The summed E-state index contributed by atoms with van der Waals surface area (Å²) in [5.74, 6) is -3.11. The topological polar surface area (TPSA) is 38.9 Å². The Kier molecular flexibility index (Phi) is 2.16. The van der Waals surface area contributed by atoms with Gasteiger partial charge in [-0.2, -0.15) is 4.37 Å². The molecule has 0 atom stereocenters. The third kappa shape index (κ3) is 1.18. The molecule has 0 fully saturated rings. The third-order valence-corrected chi connectivity index (χ3v) is 2.75. The minimum atomic E-state index is -1.22. The van der Waals surface area contributed by atoms with E-state index < -0.39 is 17.5 Å². The maximum atomic E-state index is 13.2. The van der Waals surface area contributed by atoms with Crippen molar-refractivity contribution in [3.63, 3.8) is 0 Å². The van der Waals surface area contributed by atoms with E-state index in [9.17, 15) is 13.2 Å². The molecule has 0 saturated carbocycles. The number of fused-ring (bicyclic) bond motifs is 1. The number of nitrogens with zero attached hydrogens (tertiary/aromatic N) is 1. The van der Waals surface area contributed by atoms with Crippen molar-refractivity contribution in [3.05, 3.63) is 29.2 Å². The summed E-state index contributed by atoms with van der Waals surface area (Å²) in [5.41, 5.74) is 5.44. The number of hydrogen-bond acceptors (Lipinski definition) is 3. The molecule has 0 amide bonds. The number of aromatic nitrogens is 1. The predicted octanol–water partition coefficient (Wildman–Crippen LogP) is 2.17. The molecule has 0 bridgehead atoms. The molecule has 74 valence electrons. The second kappa shape index (κ2) is 3.21. The van der Waals surface area contributed by atoms with Gasteiger partial charge in [-0.1, -0.05) is 0 Å². The van der Waals surface area contributed by atoms with Gasteiger partial charge in [-0.3, -0.25) is 0 Å². The molecule has 6 heteroatoms. The number of rotatable bonds is 1. The van der Waals surface area contributed by atoms with Crippen molar-refractivity contribution in [3.8, 4) is 0 Å². The van der Waals surface area contributed by atoms with Crippen LogP contribution in [0.5, 0.6) is 0 Å². The van der Waals surface area contributed by atoms with Gasteiger partial charge >= 0.3 is 0 Å². The fourth-order valence-electron chi connectivity index (χ4n) is 1.21. The standard InChI is InChI=1S/C8H5F3N2S/c9-3-1-4(10)8-6(7(3)11)5(2-12)13-14-8/h1H,2,12H2. The SMILES string of the molecule is NCc1nsc2c(F)cc(F)c(F)c12. The molecule has 2 N–H and O–H groups in total. The Morgan fingerprint density at radius 3 is 2.64 bits per heavy atom. The smallest absolute Gasteiger partial charge is 0.169 e. The van der Waals surface area contributed by atoms with Gasteiger partial charge in [0.05, 0.1) is 15.8 Å². The average molecular weight is 218 g/mol. The molecule has 0 unspecified atom stereocenters. The minimum absolute atomic E-state index is 0.00403. The highest BCUT2D eigenvalue weighted by atomic mass is 32.1. The van der Waals surface area contributed by atoms with Crippen molar-refractivity contribution in [2.24, 2.45) is 5.73 Å². The predicted molar refractivity (Wildman–Crippen MR) is 47.4 cm³/mol. The second-order valence-corrected chi connectivity index (χ2v) is 3.47. The molecular weight excluding hydrogens is 213 g/mol. The summed E-state index contributed by atoms with van der Waals surface area (Å²) >= 11 is 0.776. The van der Waals surface area contributed by atoms with Crippen molar-refractivity contribution < 1.29 is 13.2 Å². The van der Waals surface area contributed by atoms with E-state index in [0.717, 1.165) is 11.5 Å². The first-order chi connectivity index (χ1) is 6.65. The van der Waals surface area contributed by atoms with Gasteiger partial charge in [0.15, 0.2) is 11.6 Å². The van der Waals surface area contributed by atoms with Gasteiger partial charge in [0.2, 0.25) is 0 Å². The summed E-state index contributed by atoms with van der Waals surface area (Å²) in [6.45, 7) is -0.0419. The molecule has 0 aliphatic heterocycles. The van der Waals surface area contributed by atoms with Crippen molar-refractivity contribution in [1.29, 1.82) is 0 Å². The van der Waals surface area contributed by atoms with Crippen molar-refractivity contribution in [2.75, 3.05) is 0 Å². The first-order valence-corrected chi connectivity index (χ1v) is 4.54. The monoisotopic (exact) mass is 218 g/mol. The van der Waals surface area contributed by atoms with E-state index in [0.29, 0.717) is 6.07 Å². The maximum Gasteiger partial charge on any atom is 0.169 e. The zero-order valence-electron chi connectivity index (χ0n) is 6.85. The summed E-state index contributed by atoms with van der Waals surface area (Å²) in [5, 5.41) is -0.144. The van der Waals surface area contributed by atoms with E-state index in [4.69, 9.17) is 5.73 Å². The lowest BCUT2D eigenvalue weighted by molar-refractivity contribution is 0.505. The summed E-state index contributed by atoms with van der Waals surface area (Å²) in [6, 6.07) is 0.510. The van der Waals surface area contributed by atoms with Crippen molar-refractivity contribution >= 4 is 21.6 Å². The van der Waals surface area contributed by atoms with Crippen LogP contribution in [0.15, 0.2) is 6.07 Å². The molecule has 14 heavy (non-hydrogen) atoms. The average Bonchev–Trinajstić information content (AvgIpc) is 2.58. The summed E-state index contributed by atoms with van der Waals surface area (Å²) in [4.78, 5) is 0. The van der Waals surface area contributed by atoms with Crippen LogP contribution in [0.25, 0.3) is 10.1 Å². The van der Waals surface area contributed by atoms with Crippen LogP contribution in [0.3, 0.4) is 0 Å². The number of nitrogens with two attached hydrogens (primary N) is 1. The van der Waals surface area contributed by atoms with Crippen LogP contribution in [0, 0.1) is 17.5 Å². The second-order valence-electron chi connectivity index (χ2n) is 2.69. The van der Waals surface area contributed by atoms with Gasteiger partial charge in [0.25, 0.3) is 0 Å². The molecule has 0 spiro atoms. The zero-order valence-corrected chi connectivity index (χ0v) is 7.67. The highest BCUT2D eigenvalue weighted by Gasteiger charge is 2.17. The number of hydrogen-bond donors (Lipinski definition) is 1. The fourth-order valence-corrected chi connectivity index (χ4v) is 2.02. The van der Waals surface area contributed by atoms with E-state index in [2.05, 4.69) is 4.37 Å². The Hall–Kier alpha value is -1.14. The molecule has 0 radical (unpaired) electrons. The Labute approximate surface area is 81.3 Å². The molecule has 0 aliphatic rings. The maximum absolute atomic E-state index is 13.2. The lowest BCUT2D eigenvalue weighted by Gasteiger charge is -1.97. The van der Waals surface area contributed by atoms with E-state index in [1.807, 2.05) is 0 Å². The normalized spacial score (nSPS) is 11.1. The van der Waals surface area contributed by atoms with Crippen LogP contribution in [-0.4, -0.2) is 4.37 Å². The van der Waals surface area contributed by atoms with E-state index >= 15 is 0 Å². The molecule has 2 aromatic rings. The third-order valence-electron chi connectivity index (χ3n) is 1.86. The van der Waals surface area contributed by atoms with Gasteiger partial charge < -0.3 is 5.73 Å². The Balaban J connectivity index is 2.92. The van der Waals surface area contributed by atoms with Gasteiger partial charge in [0, 0.05) is 12.6 Å². The van der Waals surface area contributed by atoms with E-state index in [1.54, 1.807) is 0 Å². The lowest BCUT2D eigenvalue weighted by atomic mass is 10.2. The highest BCUT2D eigenvalue weighted by molar-refractivity contribution is 7.13. The molecule has 1 aromatic heterocycles. The van der Waals surface area contributed by atoms with Crippen molar-refractivity contribution in [2.45, 2.75) is 6.54 Å². The molecule has 2 nitrogen and oxygen atoms in total. The largest absolute Gasteiger partial charge is 0.325 e. The first-order valence-electron chi connectivity index (χ1n) is 3.77. The summed E-state index contributed by atoms with van der Waals surface area (Å²) in [6.07, 6.45) is 0. The fraction of sp³-hybridized carbons (Fsp3) is 0.125. The van der Waals surface area contributed by atoms with E-state index in [1.165, 1.54) is 0 Å². The number of halogens is 3. The quantitative estimate of drug-likeness (QED) is 0.745. The van der Waals surface area contributed by atoms with E-state index in [-0.39, 0.29) is 22.3 Å². The molecule has 0 saturated heterocycles. The Bertz CT molecular complexity index is 495. The van der Waals surface area contributed by atoms with Crippen LogP contribution >= 0.6 is 11.5 Å². The zero-order chi connectivity index (χ0) is 10.3. The highest BCUT2D eigenvalue weighted by Crippen LogP contribution is 2.29. The number of benzene rings is 1.